The Labute approximate surface area is 93.1 Å². The second-order valence-corrected chi connectivity index (χ2v) is 3.71. The molecule has 0 unspecified atom stereocenters. The second kappa shape index (κ2) is 9.40. The molecule has 0 fully saturated rings. The molecule has 0 radical (unpaired) electrons. The molecule has 0 aromatic heterocycles. The molecule has 7 nitrogen and oxygen atoms in total. The van der Waals surface area contributed by atoms with Crippen LogP contribution in [0.4, 0.5) is 0 Å². The van der Waals surface area contributed by atoms with Gasteiger partial charge in [0, 0.05) is 0 Å². The Morgan fingerprint density at radius 3 is 2.79 bits per heavy atom. The Bertz CT molecular complexity index is 180. The van der Waals surface area contributed by atoms with Crippen LogP contribution in [0.15, 0.2) is 0 Å². The fraction of sp³-hybridized carbons (Fsp3) is 0.833. The lowest BCUT2D eigenvalue weighted by molar-refractivity contribution is -0.140. The van der Waals surface area contributed by atoms with E-state index in [4.69, 9.17) is 14.4 Å². The Kier molecular flexibility index (Phi) is 9.29. The van der Waals surface area contributed by atoms with Gasteiger partial charge >= 0.3 is 5.97 Å². The fourth-order valence-corrected chi connectivity index (χ4v) is 1.18. The van der Waals surface area contributed by atoms with Gasteiger partial charge in [-0.25, -0.2) is 5.43 Å². The molecule has 0 amide bonds. The molecule has 0 aliphatic heterocycles. The van der Waals surface area contributed by atoms with Gasteiger partial charge in [0.15, 0.2) is 0 Å². The molecule has 14 heavy (non-hydrogen) atoms. The van der Waals surface area contributed by atoms with Gasteiger partial charge in [-0.2, -0.15) is 9.17 Å². The molecule has 0 aliphatic rings. The largest absolute Gasteiger partial charge is 0.480 e. The van der Waals surface area contributed by atoms with E-state index in [0.29, 0.717) is 13.0 Å². The highest BCUT2D eigenvalue weighted by molar-refractivity contribution is 14.1. The lowest BCUT2D eigenvalue weighted by Gasteiger charge is -2.13. The van der Waals surface area contributed by atoms with E-state index in [1.165, 1.54) is 0 Å². The highest BCUT2D eigenvalue weighted by atomic mass is 127. The molecule has 0 aromatic carbocycles. The molecular formula is C6H16IN5O2. The van der Waals surface area contributed by atoms with Crippen LogP contribution < -0.4 is 20.3 Å². The summed E-state index contributed by atoms with van der Waals surface area (Å²) >= 11 is -0.848. The molecule has 84 valence electrons. The molecule has 7 N–H and O–H groups in total. The predicted octanol–water partition coefficient (Wildman–Crippen LogP) is -0.185. The van der Waals surface area contributed by atoms with Gasteiger partial charge in [0.25, 0.3) is 0 Å². The minimum Gasteiger partial charge on any atom is -0.480 e. The van der Waals surface area contributed by atoms with Crippen LogP contribution in [0.2, 0.25) is 0 Å². The maximum atomic E-state index is 10.7. The lowest BCUT2D eigenvalue weighted by Crippen LogP contribution is -2.48. The van der Waals surface area contributed by atoms with E-state index in [9.17, 15) is 4.79 Å². The van der Waals surface area contributed by atoms with Crippen LogP contribution in [0.3, 0.4) is 0 Å². The third kappa shape index (κ3) is 7.26. The first-order valence-corrected chi connectivity index (χ1v) is 6.36. The van der Waals surface area contributed by atoms with E-state index in [1.54, 1.807) is 0 Å². The summed E-state index contributed by atoms with van der Waals surface area (Å²) in [4.78, 5) is 10.7. The minimum atomic E-state index is -0.903. The van der Waals surface area contributed by atoms with Gasteiger partial charge in [-0.3, -0.25) is 8.36 Å². The Hall–Kier alpha value is -0.160. The van der Waals surface area contributed by atoms with Gasteiger partial charge in [0.05, 0.1) is 21.3 Å². The van der Waals surface area contributed by atoms with Crippen molar-refractivity contribution in [3.63, 3.8) is 0 Å². The average molecular weight is 317 g/mol. The normalized spacial score (nSPS) is 12.6. The van der Waals surface area contributed by atoms with Crippen molar-refractivity contribution in [3.8, 4) is 0 Å². The minimum absolute atomic E-state index is 0.525. The summed E-state index contributed by atoms with van der Waals surface area (Å²) < 4.78 is 9.41. The van der Waals surface area contributed by atoms with Crippen molar-refractivity contribution in [2.75, 3.05) is 6.54 Å². The highest BCUT2D eigenvalue weighted by Gasteiger charge is 2.15. The summed E-state index contributed by atoms with van der Waals surface area (Å²) in [7, 11) is 0. The topological polar surface area (TPSA) is 123 Å². The number of rotatable bonds is 9. The molecule has 0 spiro atoms. The molecule has 0 aliphatic carbocycles. The number of nitrogens with one attached hydrogen (secondary N) is 4. The van der Waals surface area contributed by atoms with Crippen LogP contribution in [-0.4, -0.2) is 23.7 Å². The number of hydrazine groups is 2. The molecular weight excluding hydrogens is 301 g/mol. The van der Waals surface area contributed by atoms with Crippen molar-refractivity contribution in [3.05, 3.63) is 0 Å². The first-order chi connectivity index (χ1) is 6.72. The zero-order valence-corrected chi connectivity index (χ0v) is 9.87. The number of carboxylic acids is 1. The van der Waals surface area contributed by atoms with Crippen LogP contribution in [0.5, 0.6) is 0 Å². The van der Waals surface area contributed by atoms with E-state index in [2.05, 4.69) is 14.6 Å². The van der Waals surface area contributed by atoms with E-state index >= 15 is 0 Å². The van der Waals surface area contributed by atoms with E-state index in [0.717, 1.165) is 12.8 Å². The van der Waals surface area contributed by atoms with Crippen molar-refractivity contribution in [2.24, 2.45) is 5.73 Å². The SMILES string of the molecule is N=INNN[C@@H](CCCCN)C(=O)O. The van der Waals surface area contributed by atoms with Crippen molar-refractivity contribution in [1.29, 1.82) is 3.56 Å². The number of hydrogen-bond acceptors (Lipinski definition) is 5. The molecule has 8 heteroatoms. The highest BCUT2D eigenvalue weighted by Crippen LogP contribution is 1.99. The second-order valence-electron chi connectivity index (χ2n) is 2.63. The average Bonchev–Trinajstić information content (AvgIpc) is 2.15. The van der Waals surface area contributed by atoms with Gasteiger partial charge in [0.2, 0.25) is 0 Å². The number of carboxylic acid groups (broad SMARTS) is 1. The van der Waals surface area contributed by atoms with Gasteiger partial charge in [-0.15, -0.1) is 0 Å². The standard InChI is InChI=1S/C6H16IN5O2/c8-4-2-1-3-5(6(13)14)10-12-11-7-9/h5,10,12H,1-4,8H2,(H2,9,11)(H,13,14)/t5-/m0/s1. The van der Waals surface area contributed by atoms with E-state index in [1.807, 2.05) is 0 Å². The number of hydrogen-bond donors (Lipinski definition) is 6. The molecule has 0 saturated heterocycles. The smallest absolute Gasteiger partial charge is 0.322 e. The van der Waals surface area contributed by atoms with E-state index in [-0.39, 0.29) is 0 Å². The third-order valence-electron chi connectivity index (χ3n) is 1.59. The number of nitrogens with two attached hydrogens (primary N) is 1. The summed E-state index contributed by atoms with van der Waals surface area (Å²) in [5.41, 5.74) is 10.4. The maximum Gasteiger partial charge on any atom is 0.322 e. The van der Waals surface area contributed by atoms with Crippen LogP contribution in [-0.2, 0) is 4.79 Å². The van der Waals surface area contributed by atoms with Crippen LogP contribution in [0, 0.1) is 3.56 Å². The molecule has 0 rings (SSSR count). The number of halogens is 1. The van der Waals surface area contributed by atoms with Crippen molar-refractivity contribution < 1.29 is 9.90 Å². The molecule has 1 atom stereocenters. The summed E-state index contributed by atoms with van der Waals surface area (Å²) in [5, 5.41) is 8.77. The molecule has 0 saturated carbocycles. The van der Waals surface area contributed by atoms with Crippen LogP contribution in [0.1, 0.15) is 19.3 Å². The van der Waals surface area contributed by atoms with Crippen molar-refractivity contribution in [2.45, 2.75) is 25.3 Å². The Morgan fingerprint density at radius 1 is 1.57 bits per heavy atom. The fourth-order valence-electron chi connectivity index (χ4n) is 0.888. The van der Waals surface area contributed by atoms with E-state index < -0.39 is 33.3 Å². The quantitative estimate of drug-likeness (QED) is 0.152. The van der Waals surface area contributed by atoms with Gasteiger partial charge < -0.3 is 10.8 Å². The molecule has 0 heterocycles. The summed E-state index contributed by atoms with van der Waals surface area (Å²) in [6.45, 7) is 0.580. The number of carbonyl (C=O) groups is 1. The summed E-state index contributed by atoms with van der Waals surface area (Å²) in [6.07, 6.45) is 2.12. The number of aliphatic carboxylic acids is 1. The summed E-state index contributed by atoms with van der Waals surface area (Å²) in [5.74, 6) is -0.903. The Morgan fingerprint density at radius 2 is 2.29 bits per heavy atom. The van der Waals surface area contributed by atoms with Crippen molar-refractivity contribution in [1.82, 2.24) is 14.6 Å². The number of unbranched alkanes of at least 4 members (excludes halogenated alkanes) is 1. The zero-order chi connectivity index (χ0) is 10.8. The van der Waals surface area contributed by atoms with Gasteiger partial charge in [0.1, 0.15) is 6.04 Å². The monoisotopic (exact) mass is 317 g/mol. The summed E-state index contributed by atoms with van der Waals surface area (Å²) in [6, 6.07) is -0.635. The third-order valence-corrected chi connectivity index (χ3v) is 2.13. The van der Waals surface area contributed by atoms with Crippen molar-refractivity contribution >= 4 is 27.3 Å². The maximum absolute atomic E-state index is 10.7. The predicted molar refractivity (Wildman–Crippen MR) is 60.5 cm³/mol. The zero-order valence-electron chi connectivity index (χ0n) is 7.72. The van der Waals surface area contributed by atoms with Gasteiger partial charge in [-0.1, -0.05) is 0 Å². The van der Waals surface area contributed by atoms with Crippen LogP contribution >= 0.6 is 21.3 Å². The Balaban J connectivity index is 3.66. The first-order valence-electron chi connectivity index (χ1n) is 4.20. The molecule has 0 bridgehead atoms. The first kappa shape index (κ1) is 13.8. The molecule has 0 aromatic rings. The van der Waals surface area contributed by atoms with Crippen LogP contribution in [0.25, 0.3) is 0 Å². The lowest BCUT2D eigenvalue weighted by atomic mass is 10.1. The van der Waals surface area contributed by atoms with Gasteiger partial charge in [-0.05, 0) is 25.8 Å².